The standard InChI is InChI=1S/C74H48N6S2/c1-73(2,79-57-31-15-5-21-43(57)44-22-6-16-32-58(44)79)67-53(41-75)69(77-55-29-13-9-27-51(55)65-61(77)39-37-49-47-25-11-19-35-63(47)81-71(49)65)68(74(3,4)80-59-33-17-7-23-45(59)46-24-8-18-34-60(46)80)70(54(67)42-76)78-56-30-14-10-28-52(56)66-62(78)40-38-50-48-26-12-20-36-64(48)82-72(50)66/h5-40H,1-4H3. The zero-order chi connectivity index (χ0) is 54.9. The molecule has 0 radical (unpaired) electrons. The molecule has 0 unspecified atom stereocenters. The van der Waals surface area contributed by atoms with Gasteiger partial charge in [0.1, 0.15) is 12.1 Å². The normalized spacial score (nSPS) is 12.6. The van der Waals surface area contributed by atoms with Crippen molar-refractivity contribution in [1.82, 2.24) is 18.3 Å². The monoisotopic (exact) mass is 1080 g/mol. The molecule has 82 heavy (non-hydrogen) atoms. The Kier molecular flexibility index (Phi) is 9.61. The molecule has 0 atom stereocenters. The van der Waals surface area contributed by atoms with Crippen molar-refractivity contribution in [1.29, 1.82) is 10.5 Å². The smallest absolute Gasteiger partial charge is 0.102 e. The predicted molar refractivity (Wildman–Crippen MR) is 346 cm³/mol. The lowest BCUT2D eigenvalue weighted by Gasteiger charge is -2.39. The molecule has 6 aromatic heterocycles. The van der Waals surface area contributed by atoms with Gasteiger partial charge in [-0.25, -0.2) is 0 Å². The van der Waals surface area contributed by atoms with E-state index in [1.807, 2.05) is 22.7 Å². The summed E-state index contributed by atoms with van der Waals surface area (Å²) in [5.74, 6) is 0. The predicted octanol–water partition coefficient (Wildman–Crippen LogP) is 20.1. The third-order valence-corrected chi connectivity index (χ3v) is 20.4. The van der Waals surface area contributed by atoms with E-state index in [9.17, 15) is 10.5 Å². The van der Waals surface area contributed by atoms with Crippen molar-refractivity contribution in [3.63, 3.8) is 0 Å². The van der Waals surface area contributed by atoms with Gasteiger partial charge in [0.15, 0.2) is 0 Å². The van der Waals surface area contributed by atoms with Crippen molar-refractivity contribution < 1.29 is 0 Å². The molecule has 0 saturated heterocycles. The van der Waals surface area contributed by atoms with E-state index >= 15 is 0 Å². The van der Waals surface area contributed by atoms with Crippen LogP contribution in [0.1, 0.15) is 49.9 Å². The summed E-state index contributed by atoms with van der Waals surface area (Å²) in [6.45, 7) is 9.05. The number of hydrogen-bond acceptors (Lipinski definition) is 4. The van der Waals surface area contributed by atoms with Gasteiger partial charge in [-0.15, -0.1) is 22.7 Å². The number of rotatable bonds is 6. The van der Waals surface area contributed by atoms with Crippen molar-refractivity contribution in [2.45, 2.75) is 38.8 Å². The Morgan fingerprint density at radius 3 is 0.976 bits per heavy atom. The lowest BCUT2D eigenvalue weighted by atomic mass is 9.78. The first-order chi connectivity index (χ1) is 40.2. The number of benzene rings is 11. The molecule has 0 aliphatic heterocycles. The Hall–Kier alpha value is -9.96. The number of thiophene rings is 2. The van der Waals surface area contributed by atoms with Gasteiger partial charge >= 0.3 is 0 Å². The molecule has 0 aliphatic rings. The summed E-state index contributed by atoms with van der Waals surface area (Å²) in [5.41, 5.74) is 9.93. The molecule has 0 N–H and O–H groups in total. The first-order valence-electron chi connectivity index (χ1n) is 27.9. The number of hydrogen-bond donors (Lipinski definition) is 0. The number of nitrogens with zero attached hydrogens (tertiary/aromatic N) is 6. The van der Waals surface area contributed by atoms with Crippen LogP contribution in [0.4, 0.5) is 0 Å². The molecule has 0 bridgehead atoms. The van der Waals surface area contributed by atoms with Gasteiger partial charge in [-0.1, -0.05) is 158 Å². The maximum Gasteiger partial charge on any atom is 0.102 e. The van der Waals surface area contributed by atoms with Gasteiger partial charge < -0.3 is 18.3 Å². The molecule has 0 spiro atoms. The zero-order valence-corrected chi connectivity index (χ0v) is 46.9. The van der Waals surface area contributed by atoms with Crippen molar-refractivity contribution in [3.8, 4) is 23.5 Å². The van der Waals surface area contributed by atoms with Crippen LogP contribution in [0.3, 0.4) is 0 Å². The summed E-state index contributed by atoms with van der Waals surface area (Å²) in [7, 11) is 0. The van der Waals surface area contributed by atoms with Crippen LogP contribution < -0.4 is 0 Å². The molecule has 0 amide bonds. The van der Waals surface area contributed by atoms with Crippen LogP contribution in [0.5, 0.6) is 0 Å². The average molecular weight is 1090 g/mol. The minimum atomic E-state index is -1.03. The Labute approximate surface area is 479 Å². The van der Waals surface area contributed by atoms with Crippen LogP contribution in [0.15, 0.2) is 218 Å². The molecule has 8 heteroatoms. The van der Waals surface area contributed by atoms with Gasteiger partial charge in [0.05, 0.1) is 55.6 Å². The van der Waals surface area contributed by atoms with Crippen molar-refractivity contribution in [2.75, 3.05) is 0 Å². The Morgan fingerprint density at radius 2 is 0.610 bits per heavy atom. The fourth-order valence-corrected chi connectivity index (χ4v) is 17.3. The summed E-state index contributed by atoms with van der Waals surface area (Å²) >= 11 is 3.65. The molecule has 0 aliphatic carbocycles. The highest BCUT2D eigenvalue weighted by Crippen LogP contribution is 2.54. The third-order valence-electron chi connectivity index (χ3n) is 18.0. The average Bonchev–Trinajstić information content (AvgIpc) is 1.93. The van der Waals surface area contributed by atoms with Crippen LogP contribution in [0.25, 0.3) is 139 Å². The van der Waals surface area contributed by atoms with E-state index in [-0.39, 0.29) is 0 Å². The van der Waals surface area contributed by atoms with E-state index in [1.54, 1.807) is 0 Å². The highest BCUT2D eigenvalue weighted by molar-refractivity contribution is 7.27. The van der Waals surface area contributed by atoms with Crippen LogP contribution in [0, 0.1) is 22.7 Å². The molecule has 17 rings (SSSR count). The summed E-state index contributed by atoms with van der Waals surface area (Å²) in [4.78, 5) is 0. The Bertz CT molecular complexity index is 5420. The van der Waals surface area contributed by atoms with Gasteiger partial charge in [0, 0.05) is 117 Å². The Morgan fingerprint density at radius 1 is 0.305 bits per heavy atom. The van der Waals surface area contributed by atoms with Crippen LogP contribution in [-0.2, 0) is 11.1 Å². The zero-order valence-electron chi connectivity index (χ0n) is 45.3. The number of para-hydroxylation sites is 6. The van der Waals surface area contributed by atoms with E-state index in [2.05, 4.69) is 276 Å². The molecule has 386 valence electrons. The van der Waals surface area contributed by atoms with Gasteiger partial charge in [-0.3, -0.25) is 0 Å². The molecule has 6 heterocycles. The third kappa shape index (κ3) is 5.99. The second kappa shape index (κ2) is 16.8. The number of nitriles is 2. The summed E-state index contributed by atoms with van der Waals surface area (Å²) < 4.78 is 14.5. The first-order valence-corrected chi connectivity index (χ1v) is 29.5. The fourth-order valence-electron chi connectivity index (χ4n) is 14.8. The molecule has 6 nitrogen and oxygen atoms in total. The van der Waals surface area contributed by atoms with E-state index in [4.69, 9.17) is 0 Å². The van der Waals surface area contributed by atoms with Crippen LogP contribution in [-0.4, -0.2) is 18.3 Å². The van der Waals surface area contributed by atoms with Crippen molar-refractivity contribution in [3.05, 3.63) is 241 Å². The van der Waals surface area contributed by atoms with Crippen molar-refractivity contribution >= 4 is 150 Å². The molecule has 17 aromatic rings. The summed E-state index contributed by atoms with van der Waals surface area (Å²) in [6, 6.07) is 84.5. The molecular formula is C74H48N6S2. The van der Waals surface area contributed by atoms with Gasteiger partial charge in [0.2, 0.25) is 0 Å². The molecule has 11 aromatic carbocycles. The summed E-state index contributed by atoms with van der Waals surface area (Å²) in [6.07, 6.45) is 0. The molecule has 0 saturated carbocycles. The number of aromatic nitrogens is 4. The van der Waals surface area contributed by atoms with Gasteiger partial charge in [0.25, 0.3) is 0 Å². The lowest BCUT2D eigenvalue weighted by Crippen LogP contribution is -2.35. The highest BCUT2D eigenvalue weighted by atomic mass is 32.1. The largest absolute Gasteiger partial charge is 0.331 e. The number of fused-ring (bicyclic) bond motifs is 20. The molecule has 0 fully saturated rings. The fraction of sp³-hybridized carbons (Fsp3) is 0.0811. The van der Waals surface area contributed by atoms with Gasteiger partial charge in [-0.2, -0.15) is 10.5 Å². The second-order valence-electron chi connectivity index (χ2n) is 22.9. The topological polar surface area (TPSA) is 67.3 Å². The maximum absolute atomic E-state index is 12.8. The highest BCUT2D eigenvalue weighted by Gasteiger charge is 2.43. The Balaban J connectivity index is 1.16. The minimum Gasteiger partial charge on any atom is -0.331 e. The van der Waals surface area contributed by atoms with Crippen LogP contribution >= 0.6 is 22.7 Å². The van der Waals surface area contributed by atoms with E-state index < -0.39 is 11.1 Å². The maximum atomic E-state index is 12.8. The lowest BCUT2D eigenvalue weighted by molar-refractivity contribution is 0.451. The van der Waals surface area contributed by atoms with Crippen LogP contribution in [0.2, 0.25) is 0 Å². The minimum absolute atomic E-state index is 0.447. The first kappa shape index (κ1) is 46.9. The van der Waals surface area contributed by atoms with E-state index in [0.29, 0.717) is 16.7 Å². The second-order valence-corrected chi connectivity index (χ2v) is 25.0. The van der Waals surface area contributed by atoms with Gasteiger partial charge in [-0.05, 0) is 88.4 Å². The van der Waals surface area contributed by atoms with E-state index in [0.717, 1.165) is 104 Å². The van der Waals surface area contributed by atoms with E-state index in [1.165, 1.54) is 40.3 Å². The summed E-state index contributed by atoms with van der Waals surface area (Å²) in [5, 5.41) is 39.5. The quantitative estimate of drug-likeness (QED) is 0.166. The molecular weight excluding hydrogens is 1040 g/mol. The SMILES string of the molecule is CC(C)(c1c(C#N)c(-n2c3ccccc3c3c4sc5ccccc5c4ccc32)c(C(C)(C)n2c3ccccc3c3ccccc32)c(-n2c3ccccc3c3c4sc5ccccc5c4ccc32)c1C#N)n1c2ccccc2c2ccccc21. The van der Waals surface area contributed by atoms with Crippen molar-refractivity contribution in [2.24, 2.45) is 0 Å².